The lowest BCUT2D eigenvalue weighted by atomic mass is 10.1. The molecule has 140 valence electrons. The number of anilines is 1. The van der Waals surface area contributed by atoms with Crippen LogP contribution in [-0.4, -0.2) is 49.0 Å². The number of aliphatic hydroxyl groups excluding tert-OH is 1. The number of hydrogen-bond acceptors (Lipinski definition) is 5. The molecule has 2 rings (SSSR count). The molecule has 1 heterocycles. The first-order valence-electron chi connectivity index (χ1n) is 8.93. The molecule has 0 bridgehead atoms. The fraction of sp³-hybridized carbons (Fsp3) is 0.632. The van der Waals surface area contributed by atoms with Gasteiger partial charge in [0.15, 0.2) is 0 Å². The van der Waals surface area contributed by atoms with Gasteiger partial charge in [0.25, 0.3) is 0 Å². The van der Waals surface area contributed by atoms with E-state index in [0.717, 1.165) is 12.1 Å². The third-order valence-corrected chi connectivity index (χ3v) is 3.87. The zero-order valence-electron chi connectivity index (χ0n) is 15.7. The highest BCUT2D eigenvalue weighted by Gasteiger charge is 2.24. The molecule has 2 N–H and O–H groups in total. The standard InChI is InChI=1S/C19H30N2O4/c1-5-6-18(23)21-9-10-24-17-8-7-15(11-16(17)21)25-13-14(22)12-20-19(2,3)4/h7-8,11,14,20,22H,5-6,9-10,12-13H2,1-4H3. The lowest BCUT2D eigenvalue weighted by Crippen LogP contribution is -2.42. The number of carbonyl (C=O) groups is 1. The zero-order valence-corrected chi connectivity index (χ0v) is 15.7. The Morgan fingerprint density at radius 3 is 2.88 bits per heavy atom. The average Bonchev–Trinajstić information content (AvgIpc) is 2.57. The Labute approximate surface area is 150 Å². The smallest absolute Gasteiger partial charge is 0.227 e. The van der Waals surface area contributed by atoms with E-state index >= 15 is 0 Å². The van der Waals surface area contributed by atoms with Crippen molar-refractivity contribution in [3.8, 4) is 11.5 Å². The number of benzene rings is 1. The fourth-order valence-corrected chi connectivity index (χ4v) is 2.57. The number of hydrogen-bond donors (Lipinski definition) is 2. The quantitative estimate of drug-likeness (QED) is 0.790. The van der Waals surface area contributed by atoms with E-state index in [1.807, 2.05) is 39.8 Å². The lowest BCUT2D eigenvalue weighted by Gasteiger charge is -2.30. The zero-order chi connectivity index (χ0) is 18.4. The Hall–Kier alpha value is -1.79. The molecule has 0 saturated carbocycles. The van der Waals surface area contributed by atoms with E-state index in [2.05, 4.69) is 5.32 Å². The van der Waals surface area contributed by atoms with Crippen molar-refractivity contribution in [3.63, 3.8) is 0 Å². The molecule has 1 aliphatic rings. The second kappa shape index (κ2) is 8.54. The number of fused-ring (bicyclic) bond motifs is 1. The molecule has 1 unspecified atom stereocenters. The first-order valence-corrected chi connectivity index (χ1v) is 8.93. The van der Waals surface area contributed by atoms with Gasteiger partial charge in [-0.2, -0.15) is 0 Å². The van der Waals surface area contributed by atoms with Crippen molar-refractivity contribution in [3.05, 3.63) is 18.2 Å². The highest BCUT2D eigenvalue weighted by Crippen LogP contribution is 2.35. The molecule has 1 aromatic carbocycles. The van der Waals surface area contributed by atoms with Gasteiger partial charge in [0.2, 0.25) is 5.91 Å². The molecule has 1 amide bonds. The normalized spacial score (nSPS) is 15.3. The van der Waals surface area contributed by atoms with Crippen LogP contribution in [0.5, 0.6) is 11.5 Å². The number of nitrogens with one attached hydrogen (secondary N) is 1. The Bertz CT molecular complexity index is 583. The Balaban J connectivity index is 1.99. The molecule has 0 spiro atoms. The number of β-amino-alcohol motifs (C(OH)–C–C–N with tert-alkyl or cyclic N) is 1. The van der Waals surface area contributed by atoms with Gasteiger partial charge in [-0.1, -0.05) is 6.92 Å². The minimum atomic E-state index is -0.607. The first-order chi connectivity index (χ1) is 11.8. The monoisotopic (exact) mass is 350 g/mol. The van der Waals surface area contributed by atoms with Gasteiger partial charge in [-0.05, 0) is 39.3 Å². The minimum absolute atomic E-state index is 0.0513. The molecule has 0 aromatic heterocycles. The van der Waals surface area contributed by atoms with Crippen molar-refractivity contribution in [2.24, 2.45) is 0 Å². The number of ether oxygens (including phenoxy) is 2. The maximum absolute atomic E-state index is 12.3. The van der Waals surface area contributed by atoms with Crippen LogP contribution in [0, 0.1) is 0 Å². The molecule has 0 saturated heterocycles. The number of nitrogens with zero attached hydrogens (tertiary/aromatic N) is 1. The minimum Gasteiger partial charge on any atom is -0.491 e. The van der Waals surface area contributed by atoms with E-state index in [4.69, 9.17) is 9.47 Å². The summed E-state index contributed by atoms with van der Waals surface area (Å²) in [5.41, 5.74) is 0.689. The van der Waals surface area contributed by atoms with Crippen molar-refractivity contribution < 1.29 is 19.4 Å². The molecule has 6 heteroatoms. The summed E-state index contributed by atoms with van der Waals surface area (Å²) in [7, 11) is 0. The summed E-state index contributed by atoms with van der Waals surface area (Å²) in [6, 6.07) is 5.43. The predicted molar refractivity (Wildman–Crippen MR) is 98.5 cm³/mol. The van der Waals surface area contributed by atoms with Crippen LogP contribution in [-0.2, 0) is 4.79 Å². The van der Waals surface area contributed by atoms with Crippen LogP contribution in [0.25, 0.3) is 0 Å². The van der Waals surface area contributed by atoms with Crippen molar-refractivity contribution in [1.82, 2.24) is 5.32 Å². The van der Waals surface area contributed by atoms with Gasteiger partial charge in [-0.15, -0.1) is 0 Å². The predicted octanol–water partition coefficient (Wildman–Crippen LogP) is 2.34. The Morgan fingerprint density at radius 2 is 2.20 bits per heavy atom. The summed E-state index contributed by atoms with van der Waals surface area (Å²) in [4.78, 5) is 14.1. The number of rotatable bonds is 7. The molecule has 1 aromatic rings. The Kier molecular flexibility index (Phi) is 6.67. The molecule has 0 aliphatic carbocycles. The Morgan fingerprint density at radius 1 is 1.44 bits per heavy atom. The van der Waals surface area contributed by atoms with Crippen LogP contribution < -0.4 is 19.7 Å². The summed E-state index contributed by atoms with van der Waals surface area (Å²) in [6.07, 6.45) is 0.723. The summed E-state index contributed by atoms with van der Waals surface area (Å²) in [5, 5.41) is 13.3. The van der Waals surface area contributed by atoms with E-state index < -0.39 is 6.10 Å². The number of aliphatic hydroxyl groups is 1. The van der Waals surface area contributed by atoms with Crippen molar-refractivity contribution in [1.29, 1.82) is 0 Å². The lowest BCUT2D eigenvalue weighted by molar-refractivity contribution is -0.118. The van der Waals surface area contributed by atoms with E-state index in [1.165, 1.54) is 0 Å². The highest BCUT2D eigenvalue weighted by atomic mass is 16.5. The van der Waals surface area contributed by atoms with E-state index in [1.54, 1.807) is 11.0 Å². The van der Waals surface area contributed by atoms with Gasteiger partial charge in [-0.3, -0.25) is 4.79 Å². The fourth-order valence-electron chi connectivity index (χ4n) is 2.57. The topological polar surface area (TPSA) is 71.0 Å². The molecule has 0 fully saturated rings. The van der Waals surface area contributed by atoms with Crippen molar-refractivity contribution in [2.45, 2.75) is 52.2 Å². The van der Waals surface area contributed by atoms with E-state index in [0.29, 0.717) is 37.6 Å². The van der Waals surface area contributed by atoms with Gasteiger partial charge >= 0.3 is 0 Å². The maximum Gasteiger partial charge on any atom is 0.227 e. The van der Waals surface area contributed by atoms with E-state index in [9.17, 15) is 9.90 Å². The van der Waals surface area contributed by atoms with Crippen LogP contribution in [0.3, 0.4) is 0 Å². The molecule has 1 atom stereocenters. The van der Waals surface area contributed by atoms with Crippen molar-refractivity contribution >= 4 is 11.6 Å². The average molecular weight is 350 g/mol. The number of amides is 1. The van der Waals surface area contributed by atoms with Gasteiger partial charge < -0.3 is 24.8 Å². The first kappa shape index (κ1) is 19.5. The molecule has 25 heavy (non-hydrogen) atoms. The molecule has 0 radical (unpaired) electrons. The van der Waals surface area contributed by atoms with Gasteiger partial charge in [0.05, 0.1) is 12.2 Å². The van der Waals surface area contributed by atoms with Gasteiger partial charge in [0, 0.05) is 24.6 Å². The summed E-state index contributed by atoms with van der Waals surface area (Å²) in [5.74, 6) is 1.41. The summed E-state index contributed by atoms with van der Waals surface area (Å²) in [6.45, 7) is 9.83. The van der Waals surface area contributed by atoms with Crippen LogP contribution in [0.2, 0.25) is 0 Å². The van der Waals surface area contributed by atoms with Crippen LogP contribution >= 0.6 is 0 Å². The maximum atomic E-state index is 12.3. The van der Waals surface area contributed by atoms with Crippen LogP contribution in [0.4, 0.5) is 5.69 Å². The van der Waals surface area contributed by atoms with Gasteiger partial charge in [0.1, 0.15) is 30.8 Å². The van der Waals surface area contributed by atoms with Crippen LogP contribution in [0.15, 0.2) is 18.2 Å². The molecule has 6 nitrogen and oxygen atoms in total. The molecular weight excluding hydrogens is 320 g/mol. The second-order valence-electron chi connectivity index (χ2n) is 7.37. The van der Waals surface area contributed by atoms with Crippen molar-refractivity contribution in [2.75, 3.05) is 31.2 Å². The second-order valence-corrected chi connectivity index (χ2v) is 7.37. The molecule has 1 aliphatic heterocycles. The summed E-state index contributed by atoms with van der Waals surface area (Å²) < 4.78 is 11.3. The highest BCUT2D eigenvalue weighted by molar-refractivity contribution is 5.95. The third-order valence-electron chi connectivity index (χ3n) is 3.87. The molecular formula is C19H30N2O4. The van der Waals surface area contributed by atoms with E-state index in [-0.39, 0.29) is 18.1 Å². The van der Waals surface area contributed by atoms with Gasteiger partial charge in [-0.25, -0.2) is 0 Å². The number of carbonyl (C=O) groups excluding carboxylic acids is 1. The summed E-state index contributed by atoms with van der Waals surface area (Å²) >= 11 is 0. The SMILES string of the molecule is CCCC(=O)N1CCOc2ccc(OCC(O)CNC(C)(C)C)cc21. The van der Waals surface area contributed by atoms with Crippen LogP contribution in [0.1, 0.15) is 40.5 Å². The largest absolute Gasteiger partial charge is 0.491 e. The third kappa shape index (κ3) is 5.90.